The zero-order valence-corrected chi connectivity index (χ0v) is 14.6. The molecule has 0 saturated carbocycles. The van der Waals surface area contributed by atoms with Crippen LogP contribution in [0.3, 0.4) is 0 Å². The van der Waals surface area contributed by atoms with Crippen molar-refractivity contribution >= 4 is 22.5 Å². The van der Waals surface area contributed by atoms with Crippen molar-refractivity contribution in [3.8, 4) is 0 Å². The molecule has 5 nitrogen and oxygen atoms in total. The van der Waals surface area contributed by atoms with Crippen molar-refractivity contribution in [1.29, 1.82) is 0 Å². The van der Waals surface area contributed by atoms with Gasteiger partial charge in [0.25, 0.3) is 5.91 Å². The van der Waals surface area contributed by atoms with Crippen LogP contribution in [0.4, 0.5) is 5.69 Å². The van der Waals surface area contributed by atoms with Crippen molar-refractivity contribution in [3.05, 3.63) is 59.8 Å². The zero-order chi connectivity index (χ0) is 17.4. The van der Waals surface area contributed by atoms with Crippen LogP contribution in [-0.2, 0) is 7.05 Å². The number of rotatable bonds is 2. The Labute approximate surface area is 147 Å². The summed E-state index contributed by atoms with van der Waals surface area (Å²) in [5.41, 5.74) is 4.09. The molecule has 0 spiro atoms. The summed E-state index contributed by atoms with van der Waals surface area (Å²) in [5.74, 6) is 0.0289. The fourth-order valence-electron chi connectivity index (χ4n) is 3.59. The van der Waals surface area contributed by atoms with Gasteiger partial charge in [0.2, 0.25) is 0 Å². The molecular weight excluding hydrogens is 312 g/mol. The predicted octanol–water partition coefficient (Wildman–Crippen LogP) is 2.84. The maximum absolute atomic E-state index is 13.0. The van der Waals surface area contributed by atoms with Crippen LogP contribution >= 0.6 is 0 Å². The van der Waals surface area contributed by atoms with Crippen molar-refractivity contribution in [2.24, 2.45) is 7.05 Å². The number of piperazine rings is 1. The van der Waals surface area contributed by atoms with Gasteiger partial charge in [-0.25, -0.2) is 0 Å². The first-order chi connectivity index (χ1) is 12.1. The van der Waals surface area contributed by atoms with Crippen LogP contribution in [0.1, 0.15) is 16.1 Å². The molecule has 1 fully saturated rings. The molecule has 3 aromatic rings. The minimum Gasteiger partial charge on any atom is -0.368 e. The topological polar surface area (TPSA) is 41.4 Å². The molecule has 1 saturated heterocycles. The lowest BCUT2D eigenvalue weighted by atomic mass is 10.1. The molecule has 0 unspecified atom stereocenters. The molecule has 2 heterocycles. The number of aromatic nitrogens is 2. The summed E-state index contributed by atoms with van der Waals surface area (Å²) >= 11 is 0. The number of nitrogens with zero attached hydrogens (tertiary/aromatic N) is 4. The number of carbonyl (C=O) groups excluding carboxylic acids is 1. The Kier molecular flexibility index (Phi) is 3.92. The number of aryl methyl sites for hydroxylation is 2. The van der Waals surface area contributed by atoms with E-state index in [0.29, 0.717) is 5.69 Å². The normalized spacial score (nSPS) is 15.0. The van der Waals surface area contributed by atoms with E-state index in [-0.39, 0.29) is 5.91 Å². The fraction of sp³-hybridized carbons (Fsp3) is 0.300. The first-order valence-electron chi connectivity index (χ1n) is 8.67. The van der Waals surface area contributed by atoms with Crippen LogP contribution in [0.25, 0.3) is 10.9 Å². The van der Waals surface area contributed by atoms with E-state index < -0.39 is 0 Å². The predicted molar refractivity (Wildman–Crippen MR) is 100 cm³/mol. The highest BCUT2D eigenvalue weighted by Gasteiger charge is 2.26. The summed E-state index contributed by atoms with van der Waals surface area (Å²) in [7, 11) is 1.88. The summed E-state index contributed by atoms with van der Waals surface area (Å²) in [6.45, 7) is 5.27. The smallest absolute Gasteiger partial charge is 0.275 e. The van der Waals surface area contributed by atoms with Crippen molar-refractivity contribution in [1.82, 2.24) is 14.7 Å². The van der Waals surface area contributed by atoms with Crippen LogP contribution < -0.4 is 4.90 Å². The number of benzene rings is 2. The summed E-state index contributed by atoms with van der Waals surface area (Å²) in [5, 5.41) is 5.40. The third kappa shape index (κ3) is 2.76. The molecule has 0 bridgehead atoms. The summed E-state index contributed by atoms with van der Waals surface area (Å²) < 4.78 is 1.78. The monoisotopic (exact) mass is 334 g/mol. The molecule has 128 valence electrons. The lowest BCUT2D eigenvalue weighted by Crippen LogP contribution is -2.49. The maximum atomic E-state index is 13.0. The van der Waals surface area contributed by atoms with Crippen molar-refractivity contribution in [3.63, 3.8) is 0 Å². The first kappa shape index (κ1) is 15.7. The molecule has 1 aliphatic rings. The van der Waals surface area contributed by atoms with Gasteiger partial charge in [-0.05, 0) is 24.6 Å². The van der Waals surface area contributed by atoms with Gasteiger partial charge < -0.3 is 9.80 Å². The largest absolute Gasteiger partial charge is 0.368 e. The van der Waals surface area contributed by atoms with Gasteiger partial charge in [-0.15, -0.1) is 0 Å². The van der Waals surface area contributed by atoms with E-state index in [4.69, 9.17) is 0 Å². The van der Waals surface area contributed by atoms with Gasteiger partial charge in [-0.2, -0.15) is 5.10 Å². The van der Waals surface area contributed by atoms with E-state index >= 15 is 0 Å². The van der Waals surface area contributed by atoms with E-state index in [2.05, 4.69) is 41.2 Å². The second-order valence-electron chi connectivity index (χ2n) is 6.56. The molecule has 1 aromatic heterocycles. The molecule has 4 rings (SSSR count). The first-order valence-corrected chi connectivity index (χ1v) is 8.67. The number of anilines is 1. The standard InChI is InChI=1S/C20H22N4O/c1-15-7-3-5-9-17(15)23-11-13-24(14-12-23)20(25)19-16-8-4-6-10-18(16)22(2)21-19/h3-10H,11-14H2,1-2H3. The number of amides is 1. The molecule has 1 amide bonds. The van der Waals surface area contributed by atoms with Crippen molar-refractivity contribution < 1.29 is 4.79 Å². The summed E-state index contributed by atoms with van der Waals surface area (Å²) in [6.07, 6.45) is 0. The SMILES string of the molecule is Cc1ccccc1N1CCN(C(=O)c2nn(C)c3ccccc23)CC1. The Morgan fingerprint density at radius 3 is 2.40 bits per heavy atom. The average molecular weight is 334 g/mol. The molecule has 25 heavy (non-hydrogen) atoms. The molecule has 0 radical (unpaired) electrons. The van der Waals surface area contributed by atoms with Gasteiger partial charge in [0.05, 0.1) is 5.52 Å². The van der Waals surface area contributed by atoms with Gasteiger partial charge in [0, 0.05) is 44.3 Å². The van der Waals surface area contributed by atoms with Gasteiger partial charge >= 0.3 is 0 Å². The highest BCUT2D eigenvalue weighted by molar-refractivity contribution is 6.04. The average Bonchev–Trinajstić information content (AvgIpc) is 2.99. The van der Waals surface area contributed by atoms with E-state index in [1.165, 1.54) is 11.3 Å². The lowest BCUT2D eigenvalue weighted by molar-refractivity contribution is 0.0742. The number of hydrogen-bond acceptors (Lipinski definition) is 3. The van der Waals surface area contributed by atoms with E-state index in [0.717, 1.165) is 37.1 Å². The molecule has 1 aliphatic heterocycles. The Morgan fingerprint density at radius 2 is 1.64 bits per heavy atom. The number of para-hydroxylation sites is 2. The van der Waals surface area contributed by atoms with Gasteiger partial charge in [-0.1, -0.05) is 36.4 Å². The summed E-state index contributed by atoms with van der Waals surface area (Å²) in [4.78, 5) is 17.2. The van der Waals surface area contributed by atoms with Crippen molar-refractivity contribution in [2.75, 3.05) is 31.1 Å². The van der Waals surface area contributed by atoms with Crippen molar-refractivity contribution in [2.45, 2.75) is 6.92 Å². The minimum absolute atomic E-state index is 0.0289. The van der Waals surface area contributed by atoms with E-state index in [1.807, 2.05) is 36.2 Å². The fourth-order valence-corrected chi connectivity index (χ4v) is 3.59. The Morgan fingerprint density at radius 1 is 0.960 bits per heavy atom. The van der Waals surface area contributed by atoms with Gasteiger partial charge in [0.15, 0.2) is 5.69 Å². The van der Waals surface area contributed by atoms with E-state index in [9.17, 15) is 4.79 Å². The number of carbonyl (C=O) groups is 1. The lowest BCUT2D eigenvalue weighted by Gasteiger charge is -2.36. The van der Waals surface area contributed by atoms with Crippen LogP contribution in [0, 0.1) is 6.92 Å². The number of hydrogen-bond donors (Lipinski definition) is 0. The highest BCUT2D eigenvalue weighted by atomic mass is 16.2. The molecule has 0 N–H and O–H groups in total. The van der Waals surface area contributed by atoms with Crippen LogP contribution in [0.15, 0.2) is 48.5 Å². The highest BCUT2D eigenvalue weighted by Crippen LogP contribution is 2.23. The quantitative estimate of drug-likeness (QED) is 0.724. The molecule has 0 atom stereocenters. The Bertz CT molecular complexity index is 922. The van der Waals surface area contributed by atoms with Gasteiger partial charge in [0.1, 0.15) is 0 Å². The van der Waals surface area contributed by atoms with Crippen LogP contribution in [-0.4, -0.2) is 46.8 Å². The second kappa shape index (κ2) is 6.24. The molecule has 2 aromatic carbocycles. The third-order valence-electron chi connectivity index (χ3n) is 4.98. The third-order valence-corrected chi connectivity index (χ3v) is 4.98. The molecule has 0 aliphatic carbocycles. The maximum Gasteiger partial charge on any atom is 0.275 e. The Balaban J connectivity index is 1.52. The minimum atomic E-state index is 0.0289. The van der Waals surface area contributed by atoms with Gasteiger partial charge in [-0.3, -0.25) is 9.48 Å². The molecular formula is C20H22N4O. The van der Waals surface area contributed by atoms with Crippen LogP contribution in [0.5, 0.6) is 0 Å². The number of fused-ring (bicyclic) bond motifs is 1. The van der Waals surface area contributed by atoms with Crippen LogP contribution in [0.2, 0.25) is 0 Å². The second-order valence-corrected chi connectivity index (χ2v) is 6.56. The molecule has 5 heteroatoms. The zero-order valence-electron chi connectivity index (χ0n) is 14.6. The van der Waals surface area contributed by atoms with E-state index in [1.54, 1.807) is 4.68 Å². The Hall–Kier alpha value is -2.82. The summed E-state index contributed by atoms with van der Waals surface area (Å²) in [6, 6.07) is 16.3.